The van der Waals surface area contributed by atoms with E-state index in [0.29, 0.717) is 0 Å². The van der Waals surface area contributed by atoms with Crippen molar-refractivity contribution < 1.29 is 4.39 Å². The summed E-state index contributed by atoms with van der Waals surface area (Å²) >= 11 is 0. The fourth-order valence-electron chi connectivity index (χ4n) is 2.91. The molecule has 0 aliphatic heterocycles. The van der Waals surface area contributed by atoms with Gasteiger partial charge in [-0.2, -0.15) is 0 Å². The first-order valence-corrected chi connectivity index (χ1v) is 9.54. The maximum atomic E-state index is 14.3. The van der Waals surface area contributed by atoms with E-state index >= 15 is 0 Å². The molecule has 0 aromatic heterocycles. The first-order valence-electron chi connectivity index (χ1n) is 9.54. The third-order valence-electron chi connectivity index (χ3n) is 4.56. The summed E-state index contributed by atoms with van der Waals surface area (Å²) in [7, 11) is 0. The molecule has 0 bridgehead atoms. The molecule has 0 radical (unpaired) electrons. The van der Waals surface area contributed by atoms with Gasteiger partial charge in [0.25, 0.3) is 0 Å². The minimum absolute atomic E-state index is 0.124. The molecule has 0 atom stereocenters. The Hall–Kier alpha value is -2.07. The standard InChI is InChI=1S/C24H29F/c1-4-6-8-10-23-17-19(3)22(18-24(23)25)16-15-21-13-11-20(12-14-21)9-7-5-2/h11-14,17-18H,4-10H2,1-3H3. The zero-order valence-electron chi connectivity index (χ0n) is 15.8. The van der Waals surface area contributed by atoms with Crippen molar-refractivity contribution in [1.82, 2.24) is 0 Å². The molecule has 0 aliphatic carbocycles. The average Bonchev–Trinajstić information content (AvgIpc) is 2.62. The average molecular weight is 336 g/mol. The number of hydrogen-bond acceptors (Lipinski definition) is 0. The first kappa shape index (κ1) is 19.3. The Morgan fingerprint density at radius 3 is 2.24 bits per heavy atom. The van der Waals surface area contributed by atoms with Gasteiger partial charge < -0.3 is 0 Å². The van der Waals surface area contributed by atoms with Gasteiger partial charge in [-0.15, -0.1) is 0 Å². The summed E-state index contributed by atoms with van der Waals surface area (Å²) in [6.45, 7) is 6.38. The van der Waals surface area contributed by atoms with Crippen molar-refractivity contribution in [3.05, 3.63) is 70.0 Å². The van der Waals surface area contributed by atoms with Gasteiger partial charge in [-0.3, -0.25) is 0 Å². The minimum atomic E-state index is -0.124. The van der Waals surface area contributed by atoms with Crippen LogP contribution in [-0.2, 0) is 12.8 Å². The molecule has 2 aromatic rings. The highest BCUT2D eigenvalue weighted by Gasteiger charge is 2.06. The van der Waals surface area contributed by atoms with Crippen molar-refractivity contribution in [3.8, 4) is 11.8 Å². The van der Waals surface area contributed by atoms with E-state index in [2.05, 4.69) is 50.0 Å². The van der Waals surface area contributed by atoms with E-state index in [1.54, 1.807) is 6.07 Å². The third kappa shape index (κ3) is 6.05. The third-order valence-corrected chi connectivity index (χ3v) is 4.56. The molecule has 0 unspecified atom stereocenters. The summed E-state index contributed by atoms with van der Waals surface area (Å²) in [5.41, 5.74) is 4.99. The molecule has 25 heavy (non-hydrogen) atoms. The van der Waals surface area contributed by atoms with Crippen molar-refractivity contribution in [1.29, 1.82) is 0 Å². The smallest absolute Gasteiger partial charge is 0.127 e. The van der Waals surface area contributed by atoms with E-state index in [1.807, 2.05) is 13.0 Å². The minimum Gasteiger partial charge on any atom is -0.207 e. The van der Waals surface area contributed by atoms with Gasteiger partial charge in [0.15, 0.2) is 0 Å². The van der Waals surface area contributed by atoms with Crippen LogP contribution in [0.15, 0.2) is 36.4 Å². The lowest BCUT2D eigenvalue weighted by Crippen LogP contribution is -1.95. The number of rotatable bonds is 7. The van der Waals surface area contributed by atoms with Gasteiger partial charge in [0, 0.05) is 11.1 Å². The fraction of sp³-hybridized carbons (Fsp3) is 0.417. The number of benzene rings is 2. The molecular weight excluding hydrogens is 307 g/mol. The molecule has 2 aromatic carbocycles. The molecule has 0 heterocycles. The fourth-order valence-corrected chi connectivity index (χ4v) is 2.91. The van der Waals surface area contributed by atoms with Gasteiger partial charge in [-0.1, -0.05) is 63.1 Å². The predicted octanol–water partition coefficient (Wildman–Crippen LogP) is 6.61. The van der Waals surface area contributed by atoms with Crippen LogP contribution in [-0.4, -0.2) is 0 Å². The molecule has 0 N–H and O–H groups in total. The maximum Gasteiger partial charge on any atom is 0.127 e. The van der Waals surface area contributed by atoms with Crippen molar-refractivity contribution in [2.75, 3.05) is 0 Å². The molecule has 0 saturated heterocycles. The number of hydrogen-bond donors (Lipinski definition) is 0. The second kappa shape index (κ2) is 10.0. The predicted molar refractivity (Wildman–Crippen MR) is 105 cm³/mol. The van der Waals surface area contributed by atoms with Crippen molar-refractivity contribution in [2.45, 2.75) is 65.7 Å². The topological polar surface area (TPSA) is 0 Å². The van der Waals surface area contributed by atoms with E-state index in [-0.39, 0.29) is 5.82 Å². The molecule has 0 saturated carbocycles. The summed E-state index contributed by atoms with van der Waals surface area (Å²) < 4.78 is 14.3. The molecule has 1 heteroatoms. The van der Waals surface area contributed by atoms with E-state index in [4.69, 9.17) is 0 Å². The van der Waals surface area contributed by atoms with Gasteiger partial charge in [-0.05, 0) is 67.5 Å². The molecule has 0 aliphatic rings. The zero-order chi connectivity index (χ0) is 18.1. The molecule has 0 fully saturated rings. The van der Waals surface area contributed by atoms with Crippen LogP contribution in [0.2, 0.25) is 0 Å². The second-order valence-electron chi connectivity index (χ2n) is 6.77. The highest BCUT2D eigenvalue weighted by molar-refractivity contribution is 5.48. The Balaban J connectivity index is 2.10. The van der Waals surface area contributed by atoms with Crippen LogP contribution in [0.4, 0.5) is 4.39 Å². The Kier molecular flexibility index (Phi) is 7.74. The SMILES string of the molecule is CCCCCc1cc(C)c(C#Cc2ccc(CCCC)cc2)cc1F. The second-order valence-corrected chi connectivity index (χ2v) is 6.77. The molecule has 2 rings (SSSR count). The van der Waals surface area contributed by atoms with Crippen LogP contribution in [0.25, 0.3) is 0 Å². The lowest BCUT2D eigenvalue weighted by molar-refractivity contribution is 0.597. The quantitative estimate of drug-likeness (QED) is 0.394. The summed E-state index contributed by atoms with van der Waals surface area (Å²) in [5, 5.41) is 0. The van der Waals surface area contributed by atoms with E-state index < -0.39 is 0 Å². The number of aryl methyl sites for hydroxylation is 3. The number of unbranched alkanes of at least 4 members (excludes halogenated alkanes) is 3. The van der Waals surface area contributed by atoms with Crippen LogP contribution in [0, 0.1) is 24.6 Å². The van der Waals surface area contributed by atoms with E-state index in [1.165, 1.54) is 18.4 Å². The zero-order valence-corrected chi connectivity index (χ0v) is 15.8. The van der Waals surface area contributed by atoms with Crippen LogP contribution in [0.3, 0.4) is 0 Å². The van der Waals surface area contributed by atoms with Gasteiger partial charge in [0.2, 0.25) is 0 Å². The summed E-state index contributed by atoms with van der Waals surface area (Å²) in [4.78, 5) is 0. The van der Waals surface area contributed by atoms with Gasteiger partial charge in [0.1, 0.15) is 5.82 Å². The van der Waals surface area contributed by atoms with Gasteiger partial charge in [0.05, 0.1) is 0 Å². The lowest BCUT2D eigenvalue weighted by Gasteiger charge is -2.06. The largest absolute Gasteiger partial charge is 0.207 e. The normalized spacial score (nSPS) is 10.4. The van der Waals surface area contributed by atoms with Crippen LogP contribution in [0.1, 0.15) is 73.8 Å². The van der Waals surface area contributed by atoms with E-state index in [9.17, 15) is 4.39 Å². The molecule has 132 valence electrons. The summed E-state index contributed by atoms with van der Waals surface area (Å²) in [6, 6.07) is 12.0. The molecular formula is C24H29F. The van der Waals surface area contributed by atoms with Crippen molar-refractivity contribution in [2.24, 2.45) is 0 Å². The van der Waals surface area contributed by atoms with Crippen LogP contribution < -0.4 is 0 Å². The summed E-state index contributed by atoms with van der Waals surface area (Å²) in [6.07, 6.45) is 7.70. The van der Waals surface area contributed by atoms with Gasteiger partial charge in [-0.25, -0.2) is 4.39 Å². The summed E-state index contributed by atoms with van der Waals surface area (Å²) in [5.74, 6) is 6.18. The van der Waals surface area contributed by atoms with Crippen molar-refractivity contribution >= 4 is 0 Å². The first-order chi connectivity index (χ1) is 12.1. The van der Waals surface area contributed by atoms with Crippen LogP contribution >= 0.6 is 0 Å². The monoisotopic (exact) mass is 336 g/mol. The highest BCUT2D eigenvalue weighted by atomic mass is 19.1. The van der Waals surface area contributed by atoms with Crippen LogP contribution in [0.5, 0.6) is 0 Å². The molecule has 0 nitrogen and oxygen atoms in total. The number of halogens is 1. The van der Waals surface area contributed by atoms with Crippen molar-refractivity contribution in [3.63, 3.8) is 0 Å². The molecule has 0 amide bonds. The Bertz CT molecular complexity index is 729. The lowest BCUT2D eigenvalue weighted by atomic mass is 10.00. The highest BCUT2D eigenvalue weighted by Crippen LogP contribution is 2.17. The Morgan fingerprint density at radius 1 is 0.840 bits per heavy atom. The Morgan fingerprint density at radius 2 is 1.56 bits per heavy atom. The Labute approximate surface area is 152 Å². The molecule has 0 spiro atoms. The van der Waals surface area contributed by atoms with E-state index in [0.717, 1.165) is 54.4 Å². The van der Waals surface area contributed by atoms with Gasteiger partial charge >= 0.3 is 0 Å². The maximum absolute atomic E-state index is 14.3.